The monoisotopic (exact) mass is 317 g/mol. The molecule has 1 aromatic rings. The Balaban J connectivity index is 1.94. The van der Waals surface area contributed by atoms with Crippen LogP contribution in [-0.2, 0) is 11.2 Å². The smallest absolute Gasteiger partial charge is 0.223 e. The lowest BCUT2D eigenvalue weighted by molar-refractivity contribution is -0.134. The van der Waals surface area contributed by atoms with Gasteiger partial charge < -0.3 is 14.4 Å². The maximum Gasteiger partial charge on any atom is 0.223 e. The number of benzene rings is 1. The molecule has 4 nitrogen and oxygen atoms in total. The van der Waals surface area contributed by atoms with Crippen molar-refractivity contribution in [2.75, 3.05) is 20.8 Å². The molecule has 1 fully saturated rings. The van der Waals surface area contributed by atoms with Crippen LogP contribution in [0.5, 0.6) is 11.5 Å². The van der Waals surface area contributed by atoms with E-state index in [1.165, 1.54) is 24.0 Å². The lowest BCUT2D eigenvalue weighted by Crippen LogP contribution is -2.35. The second-order valence-electron chi connectivity index (χ2n) is 7.08. The minimum absolute atomic E-state index is 0.0843. The van der Waals surface area contributed by atoms with E-state index < -0.39 is 0 Å². The van der Waals surface area contributed by atoms with Gasteiger partial charge >= 0.3 is 0 Å². The van der Waals surface area contributed by atoms with Gasteiger partial charge in [0.25, 0.3) is 0 Å². The third-order valence-corrected chi connectivity index (χ3v) is 5.12. The number of methoxy groups -OCH3 is 2. The van der Waals surface area contributed by atoms with E-state index in [4.69, 9.17) is 9.47 Å². The highest BCUT2D eigenvalue weighted by Crippen LogP contribution is 2.40. The molecule has 1 aliphatic carbocycles. The number of carbonyl (C=O) groups is 1. The first-order chi connectivity index (χ1) is 11.0. The van der Waals surface area contributed by atoms with E-state index in [1.54, 1.807) is 14.2 Å². The largest absolute Gasteiger partial charge is 0.493 e. The molecule has 1 heterocycles. The number of nitrogens with zero attached hydrogens (tertiary/aromatic N) is 1. The van der Waals surface area contributed by atoms with Crippen molar-refractivity contribution in [3.8, 4) is 11.5 Å². The van der Waals surface area contributed by atoms with E-state index in [9.17, 15) is 4.79 Å². The summed E-state index contributed by atoms with van der Waals surface area (Å²) in [7, 11) is 3.32. The minimum Gasteiger partial charge on any atom is -0.493 e. The summed E-state index contributed by atoms with van der Waals surface area (Å²) in [5, 5.41) is 0. The normalized spacial score (nSPS) is 23.9. The molecule has 0 spiro atoms. The number of fused-ring (bicyclic) bond motifs is 1. The Morgan fingerprint density at radius 2 is 1.83 bits per heavy atom. The molecule has 3 rings (SSSR count). The van der Waals surface area contributed by atoms with Gasteiger partial charge in [0, 0.05) is 13.0 Å². The molecular weight excluding hydrogens is 290 g/mol. The van der Waals surface area contributed by atoms with Crippen LogP contribution < -0.4 is 9.47 Å². The van der Waals surface area contributed by atoms with E-state index in [0.29, 0.717) is 24.2 Å². The lowest BCUT2D eigenvalue weighted by atomic mass is 9.95. The summed E-state index contributed by atoms with van der Waals surface area (Å²) in [6.07, 6.45) is 4.10. The van der Waals surface area contributed by atoms with Gasteiger partial charge in [0.05, 0.1) is 20.3 Å². The highest BCUT2D eigenvalue weighted by molar-refractivity contribution is 5.77. The Labute approximate surface area is 138 Å². The van der Waals surface area contributed by atoms with Gasteiger partial charge in [-0.25, -0.2) is 0 Å². The van der Waals surface area contributed by atoms with Crippen LogP contribution in [0.15, 0.2) is 12.1 Å². The van der Waals surface area contributed by atoms with Gasteiger partial charge in [-0.05, 0) is 61.3 Å². The van der Waals surface area contributed by atoms with Crippen molar-refractivity contribution in [2.24, 2.45) is 11.8 Å². The van der Waals surface area contributed by atoms with E-state index in [0.717, 1.165) is 24.5 Å². The molecule has 0 unspecified atom stereocenters. The van der Waals surface area contributed by atoms with Crippen molar-refractivity contribution >= 4 is 5.91 Å². The lowest BCUT2D eigenvalue weighted by Gasteiger charge is -2.30. The zero-order valence-electron chi connectivity index (χ0n) is 14.6. The molecule has 0 bridgehead atoms. The topological polar surface area (TPSA) is 38.8 Å². The van der Waals surface area contributed by atoms with E-state index >= 15 is 0 Å². The summed E-state index contributed by atoms with van der Waals surface area (Å²) in [5.74, 6) is 2.87. The average Bonchev–Trinajstić information content (AvgIpc) is 3.35. The molecule has 0 saturated heterocycles. The fourth-order valence-corrected chi connectivity index (χ4v) is 3.61. The number of hydrogen-bond donors (Lipinski definition) is 0. The first-order valence-corrected chi connectivity index (χ1v) is 8.57. The van der Waals surface area contributed by atoms with Crippen molar-refractivity contribution in [3.05, 3.63) is 23.3 Å². The standard InChI is InChI=1S/C19H27NO3/c1-12-7-15-9-17(22-3)18(23-4)10-16(15)13(2)20(11-12)19(21)8-14-5-6-14/h9-10,12-14H,5-8,11H2,1-4H3/t12-,13+/m0/s1. The molecule has 1 aliphatic heterocycles. The maximum absolute atomic E-state index is 12.7. The van der Waals surface area contributed by atoms with Gasteiger partial charge in [0.2, 0.25) is 5.91 Å². The summed E-state index contributed by atoms with van der Waals surface area (Å²) in [5.41, 5.74) is 2.46. The van der Waals surface area contributed by atoms with E-state index in [-0.39, 0.29) is 6.04 Å². The van der Waals surface area contributed by atoms with Gasteiger partial charge in [-0.1, -0.05) is 6.92 Å². The number of carbonyl (C=O) groups excluding carboxylic acids is 1. The second kappa shape index (κ2) is 6.42. The van der Waals surface area contributed by atoms with Gasteiger partial charge in [0.1, 0.15) is 0 Å². The first-order valence-electron chi connectivity index (χ1n) is 8.57. The molecule has 2 atom stereocenters. The SMILES string of the molecule is COc1cc2c(cc1OC)[C@@H](C)N(C(=O)CC1CC1)C[C@@H](C)C2. The average molecular weight is 317 g/mol. The van der Waals surface area contributed by atoms with Gasteiger partial charge in [-0.15, -0.1) is 0 Å². The first kappa shape index (κ1) is 16.2. The number of ether oxygens (including phenoxy) is 2. The third-order valence-electron chi connectivity index (χ3n) is 5.12. The maximum atomic E-state index is 12.7. The number of amides is 1. The van der Waals surface area contributed by atoms with Crippen molar-refractivity contribution in [1.82, 2.24) is 4.90 Å². The quantitative estimate of drug-likeness (QED) is 0.852. The molecule has 2 aliphatic rings. The zero-order valence-corrected chi connectivity index (χ0v) is 14.6. The van der Waals surface area contributed by atoms with Crippen LogP contribution in [0.25, 0.3) is 0 Å². The van der Waals surface area contributed by atoms with Crippen molar-refractivity contribution in [2.45, 2.75) is 45.6 Å². The van der Waals surface area contributed by atoms with Crippen LogP contribution in [0.4, 0.5) is 0 Å². The summed E-state index contributed by atoms with van der Waals surface area (Å²) in [6.45, 7) is 5.18. The molecular formula is C19H27NO3. The van der Waals surface area contributed by atoms with Crippen molar-refractivity contribution in [3.63, 3.8) is 0 Å². The van der Waals surface area contributed by atoms with Crippen LogP contribution in [0.1, 0.15) is 50.3 Å². The van der Waals surface area contributed by atoms with Crippen LogP contribution in [0.3, 0.4) is 0 Å². The highest BCUT2D eigenvalue weighted by atomic mass is 16.5. The summed E-state index contributed by atoms with van der Waals surface area (Å²) in [6, 6.07) is 4.21. The fourth-order valence-electron chi connectivity index (χ4n) is 3.61. The minimum atomic E-state index is 0.0843. The molecule has 0 aromatic heterocycles. The highest BCUT2D eigenvalue weighted by Gasteiger charge is 2.33. The molecule has 0 N–H and O–H groups in total. The molecule has 23 heavy (non-hydrogen) atoms. The van der Waals surface area contributed by atoms with Crippen LogP contribution >= 0.6 is 0 Å². The molecule has 1 saturated carbocycles. The van der Waals surface area contributed by atoms with Gasteiger partial charge in [-0.3, -0.25) is 4.79 Å². The Bertz CT molecular complexity index is 595. The zero-order chi connectivity index (χ0) is 16.6. The molecule has 1 aromatic carbocycles. The number of rotatable bonds is 4. The summed E-state index contributed by atoms with van der Waals surface area (Å²) in [4.78, 5) is 14.8. The third kappa shape index (κ3) is 3.31. The Morgan fingerprint density at radius 3 is 2.43 bits per heavy atom. The van der Waals surface area contributed by atoms with Crippen LogP contribution in [0.2, 0.25) is 0 Å². The molecule has 4 heteroatoms. The molecule has 1 amide bonds. The number of hydrogen-bond acceptors (Lipinski definition) is 3. The molecule has 126 valence electrons. The van der Waals surface area contributed by atoms with Gasteiger partial charge in [0.15, 0.2) is 11.5 Å². The fraction of sp³-hybridized carbons (Fsp3) is 0.632. The predicted octanol–water partition coefficient (Wildman–Crippen LogP) is 3.59. The summed E-state index contributed by atoms with van der Waals surface area (Å²) < 4.78 is 10.9. The summed E-state index contributed by atoms with van der Waals surface area (Å²) >= 11 is 0. The molecule has 0 radical (unpaired) electrons. The van der Waals surface area contributed by atoms with Crippen molar-refractivity contribution < 1.29 is 14.3 Å². The van der Waals surface area contributed by atoms with Gasteiger partial charge in [-0.2, -0.15) is 0 Å². The Hall–Kier alpha value is -1.71. The second-order valence-corrected chi connectivity index (χ2v) is 7.08. The van der Waals surface area contributed by atoms with Crippen molar-refractivity contribution in [1.29, 1.82) is 0 Å². The van der Waals surface area contributed by atoms with Crippen LogP contribution in [0, 0.1) is 11.8 Å². The Morgan fingerprint density at radius 1 is 1.17 bits per heavy atom. The van der Waals surface area contributed by atoms with Crippen LogP contribution in [-0.4, -0.2) is 31.6 Å². The predicted molar refractivity (Wildman–Crippen MR) is 89.9 cm³/mol. The van der Waals surface area contributed by atoms with E-state index in [1.807, 2.05) is 6.07 Å². The van der Waals surface area contributed by atoms with E-state index in [2.05, 4.69) is 24.8 Å². The Kier molecular flexibility index (Phi) is 4.51.